The highest BCUT2D eigenvalue weighted by Gasteiger charge is 2.21. The van der Waals surface area contributed by atoms with Gasteiger partial charge >= 0.3 is 0 Å². The number of hydrogen-bond acceptors (Lipinski definition) is 4. The lowest BCUT2D eigenvalue weighted by Crippen LogP contribution is -2.39. The van der Waals surface area contributed by atoms with Gasteiger partial charge in [0.15, 0.2) is 0 Å². The van der Waals surface area contributed by atoms with Crippen molar-refractivity contribution < 1.29 is 17.9 Å². The Kier molecular flexibility index (Phi) is 7.02. The molecule has 0 spiro atoms. The molecule has 0 aliphatic rings. The van der Waals surface area contributed by atoms with E-state index in [0.29, 0.717) is 16.3 Å². The van der Waals surface area contributed by atoms with Gasteiger partial charge in [-0.15, -0.1) is 0 Å². The summed E-state index contributed by atoms with van der Waals surface area (Å²) in [6.07, 6.45) is 1.07. The van der Waals surface area contributed by atoms with Gasteiger partial charge in [0.25, 0.3) is 0 Å². The molecule has 2 aromatic carbocycles. The van der Waals surface area contributed by atoms with E-state index in [1.54, 1.807) is 42.5 Å². The molecule has 8 heteroatoms. The van der Waals surface area contributed by atoms with Crippen LogP contribution in [0.3, 0.4) is 0 Å². The van der Waals surface area contributed by atoms with E-state index in [2.05, 4.69) is 5.32 Å². The number of carbonyl (C=O) groups is 1. The summed E-state index contributed by atoms with van der Waals surface area (Å²) in [4.78, 5) is 12.2. The molecule has 0 aliphatic heterocycles. The van der Waals surface area contributed by atoms with Crippen molar-refractivity contribution in [1.82, 2.24) is 9.62 Å². The molecule has 0 aromatic heterocycles. The molecule has 0 fully saturated rings. The minimum Gasteiger partial charge on any atom is -0.496 e. The van der Waals surface area contributed by atoms with E-state index < -0.39 is 15.9 Å². The van der Waals surface area contributed by atoms with Gasteiger partial charge in [0.2, 0.25) is 15.9 Å². The van der Waals surface area contributed by atoms with Crippen LogP contribution >= 0.6 is 11.6 Å². The first-order valence-electron chi connectivity index (χ1n) is 7.88. The third-order valence-corrected chi connectivity index (χ3v) is 5.33. The largest absolute Gasteiger partial charge is 0.496 e. The molecule has 0 saturated heterocycles. The third-order valence-electron chi connectivity index (χ3n) is 3.76. The third kappa shape index (κ3) is 5.72. The number of benzene rings is 2. The van der Waals surface area contributed by atoms with Gasteiger partial charge in [-0.2, -0.15) is 4.31 Å². The van der Waals surface area contributed by atoms with E-state index in [4.69, 9.17) is 16.3 Å². The van der Waals surface area contributed by atoms with Crippen molar-refractivity contribution in [3.63, 3.8) is 0 Å². The fourth-order valence-corrected chi connectivity index (χ4v) is 3.29. The summed E-state index contributed by atoms with van der Waals surface area (Å²) in [5.41, 5.74) is 1.44. The number of carbonyl (C=O) groups excluding carboxylic acids is 1. The lowest BCUT2D eigenvalue weighted by molar-refractivity contribution is -0.121. The first-order valence-corrected chi connectivity index (χ1v) is 10.1. The number of amides is 1. The highest BCUT2D eigenvalue weighted by atomic mass is 35.5. The summed E-state index contributed by atoms with van der Waals surface area (Å²) >= 11 is 6.06. The Morgan fingerprint density at radius 1 is 1.12 bits per heavy atom. The smallest absolute Gasteiger partial charge is 0.235 e. The zero-order valence-corrected chi connectivity index (χ0v) is 16.2. The van der Waals surface area contributed by atoms with E-state index in [9.17, 15) is 13.2 Å². The van der Waals surface area contributed by atoms with Crippen molar-refractivity contribution in [2.24, 2.45) is 0 Å². The van der Waals surface area contributed by atoms with Crippen molar-refractivity contribution in [3.05, 3.63) is 64.7 Å². The lowest BCUT2D eigenvalue weighted by Gasteiger charge is -2.21. The topological polar surface area (TPSA) is 75.7 Å². The number of para-hydroxylation sites is 1. The number of nitrogens with zero attached hydrogens (tertiary/aromatic N) is 1. The van der Waals surface area contributed by atoms with Crippen LogP contribution in [0.5, 0.6) is 5.75 Å². The molecule has 2 rings (SSSR count). The highest BCUT2D eigenvalue weighted by molar-refractivity contribution is 7.88. The Hall–Kier alpha value is -2.09. The number of methoxy groups -OCH3 is 1. The second kappa shape index (κ2) is 9.02. The molecule has 1 N–H and O–H groups in total. The monoisotopic (exact) mass is 396 g/mol. The lowest BCUT2D eigenvalue weighted by atomic mass is 10.2. The minimum atomic E-state index is -3.58. The molecule has 1 amide bonds. The van der Waals surface area contributed by atoms with Crippen LogP contribution in [0.25, 0.3) is 0 Å². The van der Waals surface area contributed by atoms with Crippen LogP contribution in [-0.4, -0.2) is 38.5 Å². The highest BCUT2D eigenvalue weighted by Crippen LogP contribution is 2.20. The van der Waals surface area contributed by atoms with Crippen molar-refractivity contribution >= 4 is 27.5 Å². The Balaban J connectivity index is 2.06. The first kappa shape index (κ1) is 20.2. The van der Waals surface area contributed by atoms with Gasteiger partial charge in [0, 0.05) is 23.7 Å². The number of rotatable bonds is 8. The minimum absolute atomic E-state index is 0.0440. The molecule has 0 saturated carbocycles. The molecule has 0 bridgehead atoms. The predicted octanol–water partition coefficient (Wildman–Crippen LogP) is 2.43. The first-order chi connectivity index (χ1) is 12.3. The van der Waals surface area contributed by atoms with Crippen molar-refractivity contribution in [2.75, 3.05) is 19.9 Å². The number of hydrogen-bond donors (Lipinski definition) is 1. The SMILES string of the molecule is COc1ccccc1CN(CC(=O)NCc1ccccc1Cl)S(C)(=O)=O. The molecule has 0 unspecified atom stereocenters. The molecule has 0 atom stereocenters. The maximum absolute atomic E-state index is 12.2. The second-order valence-electron chi connectivity index (χ2n) is 5.71. The van der Waals surface area contributed by atoms with Crippen LogP contribution in [-0.2, 0) is 27.9 Å². The maximum atomic E-state index is 12.2. The van der Waals surface area contributed by atoms with Gasteiger partial charge in [-0.25, -0.2) is 8.42 Å². The summed E-state index contributed by atoms with van der Waals surface area (Å²) in [6, 6.07) is 14.2. The Labute approximate surface area is 158 Å². The molecule has 140 valence electrons. The number of sulfonamides is 1. The van der Waals surface area contributed by atoms with Gasteiger partial charge in [0.1, 0.15) is 5.75 Å². The fraction of sp³-hybridized carbons (Fsp3) is 0.278. The van der Waals surface area contributed by atoms with Gasteiger partial charge < -0.3 is 10.1 Å². The quantitative estimate of drug-likeness (QED) is 0.743. The molecule has 2 aromatic rings. The summed E-state index contributed by atoms with van der Waals surface area (Å²) in [5, 5.41) is 3.24. The van der Waals surface area contributed by atoms with E-state index >= 15 is 0 Å². The van der Waals surface area contributed by atoms with Crippen LogP contribution < -0.4 is 10.1 Å². The van der Waals surface area contributed by atoms with Gasteiger partial charge in [-0.05, 0) is 17.7 Å². The molecule has 0 aliphatic carbocycles. The van der Waals surface area contributed by atoms with Gasteiger partial charge in [0.05, 0.1) is 19.9 Å². The van der Waals surface area contributed by atoms with E-state index in [-0.39, 0.29) is 19.6 Å². The van der Waals surface area contributed by atoms with Crippen molar-refractivity contribution in [2.45, 2.75) is 13.1 Å². The van der Waals surface area contributed by atoms with Crippen molar-refractivity contribution in [1.29, 1.82) is 0 Å². The summed E-state index contributed by atoms with van der Waals surface area (Å²) in [6.45, 7) is -0.0194. The summed E-state index contributed by atoms with van der Waals surface area (Å²) in [5.74, 6) is 0.155. The van der Waals surface area contributed by atoms with Crippen LogP contribution in [0.4, 0.5) is 0 Å². The number of ether oxygens (including phenoxy) is 1. The summed E-state index contributed by atoms with van der Waals surface area (Å²) < 4.78 is 30.5. The Morgan fingerprint density at radius 3 is 2.35 bits per heavy atom. The zero-order chi connectivity index (χ0) is 19.2. The van der Waals surface area contributed by atoms with Crippen LogP contribution in [0.1, 0.15) is 11.1 Å². The Morgan fingerprint density at radius 2 is 1.73 bits per heavy atom. The van der Waals surface area contributed by atoms with Gasteiger partial charge in [-0.3, -0.25) is 4.79 Å². The normalized spacial score (nSPS) is 11.4. The molecule has 6 nitrogen and oxygen atoms in total. The number of nitrogens with one attached hydrogen (secondary N) is 1. The van der Waals surface area contributed by atoms with Crippen LogP contribution in [0, 0.1) is 0 Å². The van der Waals surface area contributed by atoms with Crippen molar-refractivity contribution in [3.8, 4) is 5.75 Å². The summed E-state index contributed by atoms with van der Waals surface area (Å²) in [7, 11) is -2.07. The fourth-order valence-electron chi connectivity index (χ4n) is 2.37. The van der Waals surface area contributed by atoms with E-state index in [1.807, 2.05) is 6.07 Å². The standard InChI is InChI=1S/C18H21ClN2O4S/c1-25-17-10-6-4-8-15(17)12-21(26(2,23)24)13-18(22)20-11-14-7-3-5-9-16(14)19/h3-10H,11-13H2,1-2H3,(H,20,22). The predicted molar refractivity (Wildman–Crippen MR) is 102 cm³/mol. The number of halogens is 1. The van der Waals surface area contributed by atoms with E-state index in [0.717, 1.165) is 16.1 Å². The molecular weight excluding hydrogens is 376 g/mol. The average Bonchev–Trinajstić information content (AvgIpc) is 2.60. The molecule has 26 heavy (non-hydrogen) atoms. The van der Waals surface area contributed by atoms with Crippen LogP contribution in [0.2, 0.25) is 5.02 Å². The molecular formula is C18H21ClN2O4S. The average molecular weight is 397 g/mol. The maximum Gasteiger partial charge on any atom is 0.235 e. The second-order valence-corrected chi connectivity index (χ2v) is 8.10. The van der Waals surface area contributed by atoms with Gasteiger partial charge in [-0.1, -0.05) is 48.0 Å². The molecule has 0 heterocycles. The molecule has 0 radical (unpaired) electrons. The van der Waals surface area contributed by atoms with E-state index in [1.165, 1.54) is 7.11 Å². The van der Waals surface area contributed by atoms with Crippen LogP contribution in [0.15, 0.2) is 48.5 Å². The zero-order valence-electron chi connectivity index (χ0n) is 14.6. The Bertz CT molecular complexity index is 871.